The van der Waals surface area contributed by atoms with Gasteiger partial charge in [-0.25, -0.2) is 18.6 Å². The highest BCUT2D eigenvalue weighted by Gasteiger charge is 2.23. The van der Waals surface area contributed by atoms with E-state index >= 15 is 0 Å². The number of carbonyl (C=O) groups is 2. The summed E-state index contributed by atoms with van der Waals surface area (Å²) in [7, 11) is 0. The minimum absolute atomic E-state index is 0.0138. The van der Waals surface area contributed by atoms with Crippen LogP contribution in [-0.2, 0) is 11.2 Å². The van der Waals surface area contributed by atoms with Crippen molar-refractivity contribution in [3.05, 3.63) is 83.7 Å². The van der Waals surface area contributed by atoms with Gasteiger partial charge in [-0.3, -0.25) is 9.78 Å². The van der Waals surface area contributed by atoms with Crippen LogP contribution in [0.15, 0.2) is 60.9 Å². The number of nitrogens with one attached hydrogen (secondary N) is 2. The first-order valence-corrected chi connectivity index (χ1v) is 9.28. The molecular formula is C22H16F2N4O3. The van der Waals surface area contributed by atoms with E-state index in [2.05, 4.69) is 20.3 Å². The summed E-state index contributed by atoms with van der Waals surface area (Å²) in [5, 5.41) is 11.8. The van der Waals surface area contributed by atoms with Gasteiger partial charge in [-0.15, -0.1) is 0 Å². The van der Waals surface area contributed by atoms with Crippen molar-refractivity contribution in [2.75, 3.05) is 0 Å². The fourth-order valence-corrected chi connectivity index (χ4v) is 3.15. The SMILES string of the molecule is O=C(NC(Cc1ccc(F)cc1F)C(=O)O)c1ccc2nc(-c3ccncc3)[nH]c2c1. The van der Waals surface area contributed by atoms with E-state index in [1.165, 1.54) is 6.07 Å². The molecule has 0 spiro atoms. The average Bonchev–Trinajstić information content (AvgIpc) is 3.19. The molecule has 0 aliphatic carbocycles. The van der Waals surface area contributed by atoms with Crippen molar-refractivity contribution in [3.8, 4) is 11.4 Å². The third-order valence-electron chi connectivity index (χ3n) is 4.74. The van der Waals surface area contributed by atoms with Gasteiger partial charge in [0.1, 0.15) is 23.5 Å². The average molecular weight is 422 g/mol. The number of hydrogen-bond acceptors (Lipinski definition) is 4. The molecule has 0 bridgehead atoms. The van der Waals surface area contributed by atoms with Gasteiger partial charge in [0.25, 0.3) is 5.91 Å². The molecule has 0 aliphatic rings. The van der Waals surface area contributed by atoms with Gasteiger partial charge in [0.05, 0.1) is 11.0 Å². The Labute approximate surface area is 174 Å². The maximum absolute atomic E-state index is 13.9. The van der Waals surface area contributed by atoms with Crippen molar-refractivity contribution in [3.63, 3.8) is 0 Å². The van der Waals surface area contributed by atoms with Gasteiger partial charge in [-0.1, -0.05) is 6.07 Å². The quantitative estimate of drug-likeness (QED) is 0.442. The highest BCUT2D eigenvalue weighted by molar-refractivity contribution is 5.99. The van der Waals surface area contributed by atoms with Crippen LogP contribution >= 0.6 is 0 Å². The van der Waals surface area contributed by atoms with Gasteiger partial charge >= 0.3 is 5.97 Å². The van der Waals surface area contributed by atoms with Gasteiger partial charge in [-0.05, 0) is 42.0 Å². The third-order valence-corrected chi connectivity index (χ3v) is 4.74. The highest BCUT2D eigenvalue weighted by atomic mass is 19.1. The number of imidazole rings is 1. The molecule has 4 aromatic rings. The molecule has 9 heteroatoms. The van der Waals surface area contributed by atoms with Gasteiger partial charge < -0.3 is 15.4 Å². The van der Waals surface area contributed by atoms with Gasteiger partial charge in [0.2, 0.25) is 0 Å². The molecule has 0 radical (unpaired) electrons. The lowest BCUT2D eigenvalue weighted by Crippen LogP contribution is -2.42. The molecule has 0 aliphatic heterocycles. The zero-order valence-corrected chi connectivity index (χ0v) is 16.0. The van der Waals surface area contributed by atoms with Gasteiger partial charge in [-0.2, -0.15) is 0 Å². The van der Waals surface area contributed by atoms with E-state index in [9.17, 15) is 23.5 Å². The lowest BCUT2D eigenvalue weighted by molar-refractivity contribution is -0.139. The Kier molecular flexibility index (Phi) is 5.40. The predicted molar refractivity (Wildman–Crippen MR) is 108 cm³/mol. The Balaban J connectivity index is 1.55. The largest absolute Gasteiger partial charge is 0.480 e. The van der Waals surface area contributed by atoms with Gasteiger partial charge in [0.15, 0.2) is 0 Å². The standard InChI is InChI=1S/C22H16F2N4O3/c23-15-3-1-13(16(24)11-15)9-19(22(30)31)28-21(29)14-2-4-17-18(10-14)27-20(26-17)12-5-7-25-8-6-12/h1-8,10-11,19H,9H2,(H,26,27)(H,28,29)(H,30,31). The normalized spacial score (nSPS) is 11.9. The molecular weight excluding hydrogens is 406 g/mol. The van der Waals surface area contributed by atoms with Crippen LogP contribution in [0.4, 0.5) is 8.78 Å². The van der Waals surface area contributed by atoms with Crippen LogP contribution in [0.1, 0.15) is 15.9 Å². The van der Waals surface area contributed by atoms with Crippen LogP contribution < -0.4 is 5.32 Å². The Morgan fingerprint density at radius 3 is 2.55 bits per heavy atom. The number of carbonyl (C=O) groups excluding carboxylic acids is 1. The van der Waals surface area contributed by atoms with Crippen molar-refractivity contribution in [1.82, 2.24) is 20.3 Å². The molecule has 156 valence electrons. The first-order chi connectivity index (χ1) is 14.9. The smallest absolute Gasteiger partial charge is 0.326 e. The lowest BCUT2D eigenvalue weighted by Gasteiger charge is -2.15. The summed E-state index contributed by atoms with van der Waals surface area (Å²) in [6, 6.07) is 9.76. The number of nitrogens with zero attached hydrogens (tertiary/aromatic N) is 2. The van der Waals surface area contributed by atoms with Crippen LogP contribution in [0.25, 0.3) is 22.4 Å². The van der Waals surface area contributed by atoms with Crippen molar-refractivity contribution in [2.24, 2.45) is 0 Å². The van der Waals surface area contributed by atoms with Crippen LogP contribution in [0, 0.1) is 11.6 Å². The molecule has 0 saturated heterocycles. The number of aromatic nitrogens is 3. The molecule has 1 unspecified atom stereocenters. The fourth-order valence-electron chi connectivity index (χ4n) is 3.15. The maximum atomic E-state index is 13.9. The molecule has 1 atom stereocenters. The van der Waals surface area contributed by atoms with E-state index in [4.69, 9.17) is 0 Å². The summed E-state index contributed by atoms with van der Waals surface area (Å²) in [6.45, 7) is 0. The Morgan fingerprint density at radius 2 is 1.84 bits per heavy atom. The number of benzene rings is 2. The zero-order valence-electron chi connectivity index (χ0n) is 16.0. The van der Waals surface area contributed by atoms with Crippen LogP contribution in [0.3, 0.4) is 0 Å². The molecule has 3 N–H and O–H groups in total. The first kappa shape index (κ1) is 20.1. The Bertz CT molecular complexity index is 1270. The van der Waals surface area contributed by atoms with Crippen LogP contribution in [0.5, 0.6) is 0 Å². The number of amides is 1. The molecule has 4 rings (SSSR count). The van der Waals surface area contributed by atoms with E-state index in [1.807, 2.05) is 0 Å². The number of carboxylic acid groups (broad SMARTS) is 1. The van der Waals surface area contributed by atoms with Crippen molar-refractivity contribution in [1.29, 1.82) is 0 Å². The van der Waals surface area contributed by atoms with Gasteiger partial charge in [0, 0.05) is 36.0 Å². The molecule has 2 heterocycles. The number of rotatable bonds is 6. The fraction of sp³-hybridized carbons (Fsp3) is 0.0909. The first-order valence-electron chi connectivity index (χ1n) is 9.28. The molecule has 2 aromatic carbocycles. The number of fused-ring (bicyclic) bond motifs is 1. The van der Waals surface area contributed by atoms with E-state index in [0.29, 0.717) is 22.9 Å². The molecule has 0 saturated carbocycles. The number of aliphatic carboxylic acids is 1. The molecule has 1 amide bonds. The number of aromatic amines is 1. The minimum Gasteiger partial charge on any atom is -0.480 e. The predicted octanol–water partition coefficient (Wildman–Crippen LogP) is 3.33. The second-order valence-electron chi connectivity index (χ2n) is 6.86. The topological polar surface area (TPSA) is 108 Å². The summed E-state index contributed by atoms with van der Waals surface area (Å²) in [4.78, 5) is 35.8. The van der Waals surface area contributed by atoms with E-state index in [1.54, 1.807) is 36.7 Å². The molecule has 7 nitrogen and oxygen atoms in total. The zero-order chi connectivity index (χ0) is 22.0. The second kappa shape index (κ2) is 8.31. The van der Waals surface area contributed by atoms with Crippen LogP contribution in [0.2, 0.25) is 0 Å². The Hall–Kier alpha value is -4.14. The Morgan fingerprint density at radius 1 is 1.06 bits per heavy atom. The number of carboxylic acids is 1. The van der Waals surface area contributed by atoms with E-state index < -0.39 is 29.6 Å². The summed E-state index contributed by atoms with van der Waals surface area (Å²) >= 11 is 0. The van der Waals surface area contributed by atoms with Crippen molar-refractivity contribution >= 4 is 22.9 Å². The minimum atomic E-state index is -1.39. The number of H-pyrrole nitrogens is 1. The molecule has 2 aromatic heterocycles. The second-order valence-corrected chi connectivity index (χ2v) is 6.86. The van der Waals surface area contributed by atoms with Crippen molar-refractivity contribution < 1.29 is 23.5 Å². The number of halogens is 2. The molecule has 31 heavy (non-hydrogen) atoms. The third kappa shape index (κ3) is 4.40. The number of hydrogen-bond donors (Lipinski definition) is 3. The summed E-state index contributed by atoms with van der Waals surface area (Å²) < 4.78 is 27.0. The summed E-state index contributed by atoms with van der Waals surface area (Å²) in [5.41, 5.74) is 2.25. The monoisotopic (exact) mass is 422 g/mol. The van der Waals surface area contributed by atoms with E-state index in [-0.39, 0.29) is 17.5 Å². The lowest BCUT2D eigenvalue weighted by atomic mass is 10.0. The maximum Gasteiger partial charge on any atom is 0.326 e. The van der Waals surface area contributed by atoms with E-state index in [0.717, 1.165) is 17.7 Å². The number of pyridine rings is 1. The summed E-state index contributed by atoms with van der Waals surface area (Å²) in [5.74, 6) is -3.01. The molecule has 0 fully saturated rings. The summed E-state index contributed by atoms with van der Waals surface area (Å²) in [6.07, 6.45) is 2.94. The van der Waals surface area contributed by atoms with Crippen LogP contribution in [-0.4, -0.2) is 38.0 Å². The van der Waals surface area contributed by atoms with Crippen molar-refractivity contribution in [2.45, 2.75) is 12.5 Å². The highest BCUT2D eigenvalue weighted by Crippen LogP contribution is 2.21.